The average molecular weight is 492 g/mol. The minimum Gasteiger partial charge on any atom is -0.341 e. The van der Waals surface area contributed by atoms with Gasteiger partial charge < -0.3 is 9.88 Å². The summed E-state index contributed by atoms with van der Waals surface area (Å²) in [6.45, 7) is 0.0276. The lowest BCUT2D eigenvalue weighted by molar-refractivity contribution is -0.127. The van der Waals surface area contributed by atoms with Crippen molar-refractivity contribution < 1.29 is 13.6 Å². The van der Waals surface area contributed by atoms with Crippen LogP contribution in [0.4, 0.5) is 8.78 Å². The Morgan fingerprint density at radius 1 is 1.22 bits per heavy atom. The van der Waals surface area contributed by atoms with Gasteiger partial charge in [-0.2, -0.15) is 0 Å². The van der Waals surface area contributed by atoms with Crippen LogP contribution in [0.1, 0.15) is 5.56 Å². The second-order valence-corrected chi connectivity index (χ2v) is 9.18. The number of nitrogens with one attached hydrogen (secondary N) is 1. The zero-order chi connectivity index (χ0) is 22.8. The van der Waals surface area contributed by atoms with E-state index in [2.05, 4.69) is 9.97 Å². The van der Waals surface area contributed by atoms with Crippen LogP contribution in [0, 0.1) is 11.6 Å². The third-order valence-electron chi connectivity index (χ3n) is 4.79. The van der Waals surface area contributed by atoms with Crippen LogP contribution in [0.5, 0.6) is 0 Å². The molecule has 0 aliphatic heterocycles. The number of halogens is 3. The lowest BCUT2D eigenvalue weighted by Gasteiger charge is -2.18. The van der Waals surface area contributed by atoms with Crippen LogP contribution in [0.2, 0.25) is 5.02 Å². The van der Waals surface area contributed by atoms with Gasteiger partial charge in [0.05, 0.1) is 11.1 Å². The van der Waals surface area contributed by atoms with Gasteiger partial charge in [-0.25, -0.2) is 13.8 Å². The molecule has 2 aromatic heterocycles. The van der Waals surface area contributed by atoms with E-state index in [1.165, 1.54) is 40.5 Å². The van der Waals surface area contributed by atoms with Gasteiger partial charge in [-0.15, -0.1) is 11.3 Å². The standard InChI is InChI=1S/C22H16ClF2N3O2S2/c1-28(9-14-16(23)3-2-4-17(14)25)18(29)11-32-22-26-20(30)19-15(10-31-21(19)27-22)12-5-7-13(24)8-6-12/h2-8,10H,9,11H2,1H3,(H,26,27,30). The molecule has 0 saturated carbocycles. The number of carbonyl (C=O) groups excluding carboxylic acids is 1. The number of fused-ring (bicyclic) bond motifs is 1. The number of hydrogen-bond acceptors (Lipinski definition) is 5. The lowest BCUT2D eigenvalue weighted by atomic mass is 10.1. The number of hydrogen-bond donors (Lipinski definition) is 1. The van der Waals surface area contributed by atoms with E-state index < -0.39 is 5.82 Å². The molecule has 32 heavy (non-hydrogen) atoms. The van der Waals surface area contributed by atoms with E-state index in [9.17, 15) is 18.4 Å². The Morgan fingerprint density at radius 3 is 2.69 bits per heavy atom. The van der Waals surface area contributed by atoms with Crippen molar-refractivity contribution in [3.05, 3.63) is 80.4 Å². The van der Waals surface area contributed by atoms with Crippen LogP contribution in [-0.2, 0) is 11.3 Å². The number of nitrogens with zero attached hydrogens (tertiary/aromatic N) is 2. The fourth-order valence-corrected chi connectivity index (χ4v) is 5.12. The Hall–Kier alpha value is -2.75. The second-order valence-electron chi connectivity index (χ2n) is 6.95. The molecular weight excluding hydrogens is 476 g/mol. The molecule has 164 valence electrons. The predicted molar refractivity (Wildman–Crippen MR) is 124 cm³/mol. The van der Waals surface area contributed by atoms with E-state index in [1.54, 1.807) is 30.6 Å². The molecule has 4 aromatic rings. The summed E-state index contributed by atoms with van der Waals surface area (Å²) in [6, 6.07) is 10.2. The topological polar surface area (TPSA) is 66.1 Å². The third kappa shape index (κ3) is 4.69. The first-order chi connectivity index (χ1) is 15.3. The van der Waals surface area contributed by atoms with Crippen molar-refractivity contribution in [2.75, 3.05) is 12.8 Å². The van der Waals surface area contributed by atoms with Gasteiger partial charge in [-0.05, 0) is 29.8 Å². The summed E-state index contributed by atoms with van der Waals surface area (Å²) in [7, 11) is 1.55. The third-order valence-corrected chi connectivity index (χ3v) is 6.88. The van der Waals surface area contributed by atoms with E-state index in [0.717, 1.165) is 11.8 Å². The van der Waals surface area contributed by atoms with E-state index in [1.807, 2.05) is 0 Å². The number of benzene rings is 2. The van der Waals surface area contributed by atoms with Crippen LogP contribution in [-0.4, -0.2) is 33.6 Å². The van der Waals surface area contributed by atoms with Crippen molar-refractivity contribution >= 4 is 50.8 Å². The number of thioether (sulfide) groups is 1. The zero-order valence-corrected chi connectivity index (χ0v) is 19.1. The molecule has 2 aromatic carbocycles. The van der Waals surface area contributed by atoms with Crippen molar-refractivity contribution in [3.63, 3.8) is 0 Å². The molecule has 0 fully saturated rings. The van der Waals surface area contributed by atoms with Crippen LogP contribution in [0.15, 0.2) is 57.8 Å². The molecule has 5 nitrogen and oxygen atoms in total. The number of aromatic nitrogens is 2. The summed E-state index contributed by atoms with van der Waals surface area (Å²) < 4.78 is 27.2. The Morgan fingerprint density at radius 2 is 1.97 bits per heavy atom. The summed E-state index contributed by atoms with van der Waals surface area (Å²) in [5.74, 6) is -1.09. The van der Waals surface area contributed by atoms with E-state index in [0.29, 0.717) is 26.5 Å². The molecule has 0 unspecified atom stereocenters. The first-order valence-corrected chi connectivity index (χ1v) is 11.6. The van der Waals surface area contributed by atoms with Gasteiger partial charge in [0.25, 0.3) is 5.56 Å². The number of rotatable bonds is 6. The normalized spacial score (nSPS) is 11.1. The molecular formula is C22H16ClF2N3O2S2. The number of H-pyrrole nitrogens is 1. The van der Waals surface area contributed by atoms with Crippen molar-refractivity contribution in [3.8, 4) is 11.1 Å². The monoisotopic (exact) mass is 491 g/mol. The highest BCUT2D eigenvalue weighted by Crippen LogP contribution is 2.31. The summed E-state index contributed by atoms with van der Waals surface area (Å²) in [5.41, 5.74) is 1.30. The molecule has 1 amide bonds. The maximum absolute atomic E-state index is 14.0. The average Bonchev–Trinajstić information content (AvgIpc) is 3.19. The highest BCUT2D eigenvalue weighted by atomic mass is 35.5. The first kappa shape index (κ1) is 22.4. The van der Waals surface area contributed by atoms with Gasteiger partial charge in [0.1, 0.15) is 16.5 Å². The second kappa shape index (κ2) is 9.40. The smallest absolute Gasteiger partial charge is 0.260 e. The molecule has 0 aliphatic rings. The molecule has 2 heterocycles. The minimum absolute atomic E-state index is 0.00716. The van der Waals surface area contributed by atoms with Gasteiger partial charge in [-0.1, -0.05) is 41.6 Å². The van der Waals surface area contributed by atoms with Crippen molar-refractivity contribution in [1.82, 2.24) is 14.9 Å². The molecule has 0 spiro atoms. The number of aromatic amines is 1. The molecule has 0 atom stereocenters. The Bertz CT molecular complexity index is 1340. The summed E-state index contributed by atoms with van der Waals surface area (Å²) in [5, 5.41) is 2.78. The Kier molecular flexibility index (Phi) is 6.59. The molecule has 1 N–H and O–H groups in total. The fourth-order valence-electron chi connectivity index (χ4n) is 3.09. The summed E-state index contributed by atoms with van der Waals surface area (Å²) >= 11 is 8.41. The maximum Gasteiger partial charge on any atom is 0.260 e. The van der Waals surface area contributed by atoms with E-state index in [-0.39, 0.29) is 40.2 Å². The van der Waals surface area contributed by atoms with E-state index >= 15 is 0 Å². The summed E-state index contributed by atoms with van der Waals surface area (Å²) in [4.78, 5) is 34.2. The highest BCUT2D eigenvalue weighted by molar-refractivity contribution is 7.99. The molecule has 0 radical (unpaired) electrons. The van der Waals surface area contributed by atoms with Crippen molar-refractivity contribution in [1.29, 1.82) is 0 Å². The lowest BCUT2D eigenvalue weighted by Crippen LogP contribution is -2.28. The van der Waals surface area contributed by atoms with Crippen LogP contribution in [0.3, 0.4) is 0 Å². The number of amides is 1. The van der Waals surface area contributed by atoms with E-state index in [4.69, 9.17) is 11.6 Å². The fraction of sp³-hybridized carbons (Fsp3) is 0.136. The maximum atomic E-state index is 14.0. The Labute approximate surface area is 195 Å². The quantitative estimate of drug-likeness (QED) is 0.292. The van der Waals surface area contributed by atoms with Gasteiger partial charge >= 0.3 is 0 Å². The minimum atomic E-state index is -0.476. The van der Waals surface area contributed by atoms with Crippen molar-refractivity contribution in [2.24, 2.45) is 0 Å². The van der Waals surface area contributed by atoms with Gasteiger partial charge in [0.2, 0.25) is 5.91 Å². The molecule has 0 bridgehead atoms. The molecule has 4 rings (SSSR count). The van der Waals surface area contributed by atoms with Crippen LogP contribution in [0.25, 0.3) is 21.3 Å². The van der Waals surface area contributed by atoms with Crippen molar-refractivity contribution in [2.45, 2.75) is 11.7 Å². The highest BCUT2D eigenvalue weighted by Gasteiger charge is 2.17. The predicted octanol–water partition coefficient (Wildman–Crippen LogP) is 5.33. The number of carbonyl (C=O) groups is 1. The molecule has 0 saturated heterocycles. The molecule has 10 heteroatoms. The van der Waals surface area contributed by atoms with Gasteiger partial charge in [0, 0.05) is 35.1 Å². The van der Waals surface area contributed by atoms with Gasteiger partial charge in [0.15, 0.2) is 5.16 Å². The first-order valence-electron chi connectivity index (χ1n) is 9.40. The zero-order valence-electron chi connectivity index (χ0n) is 16.7. The molecule has 0 aliphatic carbocycles. The van der Waals surface area contributed by atoms with Gasteiger partial charge in [-0.3, -0.25) is 9.59 Å². The van der Waals surface area contributed by atoms with Crippen LogP contribution >= 0.6 is 34.7 Å². The van der Waals surface area contributed by atoms with Crippen LogP contribution < -0.4 is 5.56 Å². The number of thiophene rings is 1. The Balaban J connectivity index is 1.48. The largest absolute Gasteiger partial charge is 0.341 e. The SMILES string of the molecule is CN(Cc1c(F)cccc1Cl)C(=O)CSc1nc2scc(-c3ccc(F)cc3)c2c(=O)[nH]1. The summed E-state index contributed by atoms with van der Waals surface area (Å²) in [6.07, 6.45) is 0.